The second-order valence-electron chi connectivity index (χ2n) is 6.65. The van der Waals surface area contributed by atoms with E-state index >= 15 is 0 Å². The van der Waals surface area contributed by atoms with Crippen molar-refractivity contribution in [3.05, 3.63) is 70.9 Å². The number of carbonyl (C=O) groups is 1. The van der Waals surface area contributed by atoms with Gasteiger partial charge >= 0.3 is 0 Å². The van der Waals surface area contributed by atoms with Gasteiger partial charge < -0.3 is 4.90 Å². The van der Waals surface area contributed by atoms with E-state index in [0.717, 1.165) is 22.5 Å². The minimum absolute atomic E-state index is 0.334. The van der Waals surface area contributed by atoms with Crippen molar-refractivity contribution in [2.75, 3.05) is 19.0 Å². The van der Waals surface area contributed by atoms with E-state index in [4.69, 9.17) is 0 Å². The van der Waals surface area contributed by atoms with Gasteiger partial charge in [-0.25, -0.2) is 5.43 Å². The maximum Gasteiger partial charge on any atom is 0.289 e. The Labute approximate surface area is 158 Å². The number of hydrogen-bond donors (Lipinski definition) is 2. The van der Waals surface area contributed by atoms with E-state index in [1.54, 1.807) is 12.3 Å². The second-order valence-corrected chi connectivity index (χ2v) is 6.65. The number of nitrogens with zero attached hydrogens (tertiary/aromatic N) is 3. The molecule has 0 saturated heterocycles. The largest absolute Gasteiger partial charge is 0.378 e. The number of H-pyrrole nitrogens is 1. The molecule has 1 heterocycles. The van der Waals surface area contributed by atoms with Crippen LogP contribution in [-0.4, -0.2) is 36.4 Å². The highest BCUT2D eigenvalue weighted by Gasteiger charge is 2.10. The molecular formula is C21H23N5O. The molecule has 0 fully saturated rings. The van der Waals surface area contributed by atoms with Crippen LogP contribution in [0.15, 0.2) is 53.6 Å². The van der Waals surface area contributed by atoms with E-state index in [9.17, 15) is 4.79 Å². The Morgan fingerprint density at radius 1 is 1.07 bits per heavy atom. The van der Waals surface area contributed by atoms with Gasteiger partial charge in [0.25, 0.3) is 5.91 Å². The van der Waals surface area contributed by atoms with Crippen LogP contribution in [0.2, 0.25) is 0 Å². The van der Waals surface area contributed by atoms with E-state index in [-0.39, 0.29) is 5.91 Å². The van der Waals surface area contributed by atoms with Gasteiger partial charge in [-0.15, -0.1) is 0 Å². The third-order valence-corrected chi connectivity index (χ3v) is 4.41. The van der Waals surface area contributed by atoms with Crippen LogP contribution >= 0.6 is 0 Å². The molecule has 6 heteroatoms. The summed E-state index contributed by atoms with van der Waals surface area (Å²) in [6.07, 6.45) is 1.61. The van der Waals surface area contributed by atoms with Crippen molar-refractivity contribution < 1.29 is 4.79 Å². The summed E-state index contributed by atoms with van der Waals surface area (Å²) in [5.74, 6) is -0.334. The number of aryl methyl sites for hydroxylation is 2. The summed E-state index contributed by atoms with van der Waals surface area (Å²) < 4.78 is 0. The number of nitrogens with one attached hydrogen (secondary N) is 2. The fraction of sp³-hybridized carbons (Fsp3) is 0.190. The summed E-state index contributed by atoms with van der Waals surface area (Å²) in [5, 5.41) is 11.0. The number of benzene rings is 2. The van der Waals surface area contributed by atoms with E-state index in [1.807, 2.05) is 55.4 Å². The van der Waals surface area contributed by atoms with E-state index in [0.29, 0.717) is 5.69 Å². The van der Waals surface area contributed by atoms with Gasteiger partial charge in [-0.05, 0) is 54.8 Å². The van der Waals surface area contributed by atoms with E-state index in [1.165, 1.54) is 11.1 Å². The van der Waals surface area contributed by atoms with Gasteiger partial charge in [-0.1, -0.05) is 24.3 Å². The molecule has 0 spiro atoms. The maximum absolute atomic E-state index is 12.2. The molecule has 3 aromatic rings. The van der Waals surface area contributed by atoms with Crippen molar-refractivity contribution in [2.45, 2.75) is 13.8 Å². The molecule has 0 aliphatic rings. The predicted molar refractivity (Wildman–Crippen MR) is 109 cm³/mol. The van der Waals surface area contributed by atoms with Crippen molar-refractivity contribution in [3.63, 3.8) is 0 Å². The summed E-state index contributed by atoms with van der Waals surface area (Å²) in [7, 11) is 3.97. The number of aromatic nitrogens is 2. The number of anilines is 1. The molecular weight excluding hydrogens is 338 g/mol. The molecule has 0 bridgehead atoms. The Morgan fingerprint density at radius 2 is 1.81 bits per heavy atom. The average molecular weight is 361 g/mol. The smallest absolute Gasteiger partial charge is 0.289 e. The molecule has 1 amide bonds. The Morgan fingerprint density at radius 3 is 2.48 bits per heavy atom. The molecule has 6 nitrogen and oxygen atoms in total. The lowest BCUT2D eigenvalue weighted by atomic mass is 10.0. The lowest BCUT2D eigenvalue weighted by Gasteiger charge is -2.11. The van der Waals surface area contributed by atoms with Crippen LogP contribution in [0.5, 0.6) is 0 Å². The highest BCUT2D eigenvalue weighted by molar-refractivity contribution is 5.94. The normalized spacial score (nSPS) is 11.0. The molecule has 138 valence electrons. The Balaban J connectivity index is 1.64. The summed E-state index contributed by atoms with van der Waals surface area (Å²) in [6, 6.07) is 15.7. The lowest BCUT2D eigenvalue weighted by molar-refractivity contribution is 0.0950. The van der Waals surface area contributed by atoms with Crippen LogP contribution in [0.3, 0.4) is 0 Å². The molecule has 2 N–H and O–H groups in total. The fourth-order valence-electron chi connectivity index (χ4n) is 2.57. The quantitative estimate of drug-likeness (QED) is 0.539. The molecule has 0 unspecified atom stereocenters. The zero-order valence-electron chi connectivity index (χ0n) is 15.9. The molecule has 27 heavy (non-hydrogen) atoms. The Kier molecular flexibility index (Phi) is 5.35. The van der Waals surface area contributed by atoms with Crippen molar-refractivity contribution in [3.8, 4) is 11.3 Å². The number of hydrogen-bond acceptors (Lipinski definition) is 4. The number of amides is 1. The number of carbonyl (C=O) groups excluding carboxylic acids is 1. The van der Waals surface area contributed by atoms with Gasteiger partial charge in [0.2, 0.25) is 0 Å². The average Bonchev–Trinajstić information content (AvgIpc) is 3.14. The maximum atomic E-state index is 12.2. The first kappa shape index (κ1) is 18.4. The summed E-state index contributed by atoms with van der Waals surface area (Å²) in [5.41, 5.74) is 9.00. The van der Waals surface area contributed by atoms with Gasteiger partial charge in [0, 0.05) is 25.3 Å². The highest BCUT2D eigenvalue weighted by atomic mass is 16.2. The first-order chi connectivity index (χ1) is 12.9. The van der Waals surface area contributed by atoms with E-state index < -0.39 is 0 Å². The Hall–Kier alpha value is -3.41. The Bertz CT molecular complexity index is 970. The molecule has 2 aromatic carbocycles. The first-order valence-corrected chi connectivity index (χ1v) is 8.68. The summed E-state index contributed by atoms with van der Waals surface area (Å²) in [4.78, 5) is 14.3. The minimum Gasteiger partial charge on any atom is -0.378 e. The number of aromatic amines is 1. The second kappa shape index (κ2) is 7.86. The fourth-order valence-corrected chi connectivity index (χ4v) is 2.57. The lowest BCUT2D eigenvalue weighted by Crippen LogP contribution is -2.18. The number of hydrazone groups is 1. The number of rotatable bonds is 5. The molecule has 0 saturated carbocycles. The van der Waals surface area contributed by atoms with Crippen LogP contribution in [-0.2, 0) is 0 Å². The minimum atomic E-state index is -0.334. The van der Waals surface area contributed by atoms with Crippen molar-refractivity contribution in [1.29, 1.82) is 0 Å². The SMILES string of the molecule is Cc1ccc(-c2cc(C(=O)N/N=C\c3ccc(N(C)C)cc3)[nH]n2)cc1C. The van der Waals surface area contributed by atoms with Crippen LogP contribution < -0.4 is 10.3 Å². The molecule has 0 radical (unpaired) electrons. The highest BCUT2D eigenvalue weighted by Crippen LogP contribution is 2.20. The third-order valence-electron chi connectivity index (χ3n) is 4.41. The van der Waals surface area contributed by atoms with Crippen LogP contribution in [0.25, 0.3) is 11.3 Å². The topological polar surface area (TPSA) is 73.4 Å². The zero-order valence-corrected chi connectivity index (χ0v) is 15.9. The monoisotopic (exact) mass is 361 g/mol. The first-order valence-electron chi connectivity index (χ1n) is 8.68. The predicted octanol–water partition coefficient (Wildman–Crippen LogP) is 3.52. The van der Waals surface area contributed by atoms with E-state index in [2.05, 4.69) is 40.6 Å². The van der Waals surface area contributed by atoms with Gasteiger partial charge in [-0.3, -0.25) is 9.89 Å². The van der Waals surface area contributed by atoms with Crippen LogP contribution in [0.4, 0.5) is 5.69 Å². The van der Waals surface area contributed by atoms with Crippen LogP contribution in [0, 0.1) is 13.8 Å². The molecule has 1 aromatic heterocycles. The van der Waals surface area contributed by atoms with Crippen LogP contribution in [0.1, 0.15) is 27.2 Å². The molecule has 0 atom stereocenters. The molecule has 0 aliphatic carbocycles. The van der Waals surface area contributed by atoms with Gasteiger partial charge in [0.05, 0.1) is 11.9 Å². The standard InChI is InChI=1S/C21H23N5O/c1-14-5-8-17(11-15(14)2)19-12-20(24-23-19)21(27)25-22-13-16-6-9-18(10-7-16)26(3)4/h5-13H,1-4H3,(H,23,24)(H,25,27)/b22-13-. The summed E-state index contributed by atoms with van der Waals surface area (Å²) >= 11 is 0. The summed E-state index contributed by atoms with van der Waals surface area (Å²) in [6.45, 7) is 4.12. The van der Waals surface area contributed by atoms with Crippen molar-refractivity contribution in [1.82, 2.24) is 15.6 Å². The zero-order chi connectivity index (χ0) is 19.4. The van der Waals surface area contributed by atoms with Gasteiger partial charge in [-0.2, -0.15) is 10.2 Å². The third kappa shape index (κ3) is 4.41. The molecule has 3 rings (SSSR count). The van der Waals surface area contributed by atoms with Gasteiger partial charge in [0.15, 0.2) is 0 Å². The van der Waals surface area contributed by atoms with Gasteiger partial charge in [0.1, 0.15) is 5.69 Å². The molecule has 0 aliphatic heterocycles. The van der Waals surface area contributed by atoms with Crippen molar-refractivity contribution >= 4 is 17.8 Å². The van der Waals surface area contributed by atoms with Crippen molar-refractivity contribution in [2.24, 2.45) is 5.10 Å².